The summed E-state index contributed by atoms with van der Waals surface area (Å²) in [6.45, 7) is 5.58. The Morgan fingerprint density at radius 1 is 1.31 bits per heavy atom. The van der Waals surface area contributed by atoms with Crippen molar-refractivity contribution in [2.24, 2.45) is 0 Å². The average molecular weight is 226 g/mol. The average Bonchev–Trinajstić information content (AvgIpc) is 2.61. The molecule has 0 aliphatic carbocycles. The Kier molecular flexibility index (Phi) is 4.04. The molecule has 0 aliphatic heterocycles. The van der Waals surface area contributed by atoms with Gasteiger partial charge in [0.25, 0.3) is 0 Å². The molecule has 1 rings (SSSR count). The number of aryl methyl sites for hydroxylation is 1. The normalized spacial score (nSPS) is 9.94. The van der Waals surface area contributed by atoms with E-state index in [2.05, 4.69) is 5.10 Å². The molecule has 16 heavy (non-hydrogen) atoms. The van der Waals surface area contributed by atoms with Crippen LogP contribution in [0.1, 0.15) is 30.0 Å². The van der Waals surface area contributed by atoms with E-state index < -0.39 is 12.1 Å². The maximum atomic E-state index is 11.4. The Morgan fingerprint density at radius 3 is 2.50 bits per heavy atom. The van der Waals surface area contributed by atoms with Gasteiger partial charge in [-0.15, -0.1) is 0 Å². The van der Waals surface area contributed by atoms with Crippen LogP contribution in [-0.2, 0) is 9.47 Å². The number of aromatic nitrogens is 2. The van der Waals surface area contributed by atoms with Crippen LogP contribution in [0.5, 0.6) is 0 Å². The topological polar surface area (TPSA) is 70.4 Å². The van der Waals surface area contributed by atoms with E-state index in [0.717, 1.165) is 4.68 Å². The van der Waals surface area contributed by atoms with Gasteiger partial charge in [0.05, 0.1) is 13.2 Å². The Balaban J connectivity index is 2.89. The van der Waals surface area contributed by atoms with Crippen molar-refractivity contribution in [3.63, 3.8) is 0 Å². The second-order valence-corrected chi connectivity index (χ2v) is 3.00. The van der Waals surface area contributed by atoms with Gasteiger partial charge in [0.2, 0.25) is 0 Å². The first-order valence-corrected chi connectivity index (χ1v) is 5.01. The van der Waals surface area contributed by atoms with Crippen LogP contribution >= 0.6 is 0 Å². The minimum atomic E-state index is -0.601. The molecule has 0 saturated carbocycles. The highest BCUT2D eigenvalue weighted by molar-refractivity contribution is 5.88. The molecule has 0 N–H and O–H groups in total. The Morgan fingerprint density at radius 2 is 1.94 bits per heavy atom. The van der Waals surface area contributed by atoms with E-state index in [1.165, 1.54) is 6.07 Å². The fourth-order valence-electron chi connectivity index (χ4n) is 1.15. The van der Waals surface area contributed by atoms with Crippen LogP contribution in [0.25, 0.3) is 0 Å². The van der Waals surface area contributed by atoms with E-state index in [1.54, 1.807) is 20.8 Å². The number of hydrogen-bond acceptors (Lipinski definition) is 5. The van der Waals surface area contributed by atoms with Crippen LogP contribution in [0.3, 0.4) is 0 Å². The smallest absolute Gasteiger partial charge is 0.434 e. The van der Waals surface area contributed by atoms with Gasteiger partial charge in [-0.25, -0.2) is 9.59 Å². The summed E-state index contributed by atoms with van der Waals surface area (Å²) in [4.78, 5) is 22.7. The van der Waals surface area contributed by atoms with Gasteiger partial charge < -0.3 is 9.47 Å². The summed E-state index contributed by atoms with van der Waals surface area (Å²) in [6.07, 6.45) is -0.601. The number of hydrogen-bond donors (Lipinski definition) is 0. The highest BCUT2D eigenvalue weighted by Crippen LogP contribution is 2.05. The second kappa shape index (κ2) is 5.29. The molecule has 1 aromatic heterocycles. The molecule has 0 amide bonds. The summed E-state index contributed by atoms with van der Waals surface area (Å²) in [6, 6.07) is 1.48. The standard InChI is InChI=1S/C10H14N2O4/c1-4-15-9(13)8-6-7(3)12(11-8)10(14)16-5-2/h6H,4-5H2,1-3H3. The van der Waals surface area contributed by atoms with Crippen LogP contribution in [0, 0.1) is 6.92 Å². The van der Waals surface area contributed by atoms with Crippen molar-refractivity contribution in [1.82, 2.24) is 9.78 Å². The summed E-state index contributed by atoms with van der Waals surface area (Å²) in [5, 5.41) is 3.81. The third kappa shape index (κ3) is 2.59. The molecular formula is C10H14N2O4. The molecule has 88 valence electrons. The summed E-state index contributed by atoms with van der Waals surface area (Å²) < 4.78 is 10.6. The first kappa shape index (κ1) is 12.2. The lowest BCUT2D eigenvalue weighted by Crippen LogP contribution is -2.17. The van der Waals surface area contributed by atoms with E-state index in [9.17, 15) is 9.59 Å². The zero-order valence-electron chi connectivity index (χ0n) is 9.52. The quantitative estimate of drug-likeness (QED) is 0.728. The van der Waals surface area contributed by atoms with Gasteiger partial charge in [0, 0.05) is 5.69 Å². The van der Waals surface area contributed by atoms with Crippen molar-refractivity contribution < 1.29 is 19.1 Å². The molecule has 0 unspecified atom stereocenters. The van der Waals surface area contributed by atoms with Crippen LogP contribution < -0.4 is 0 Å². The molecule has 0 atom stereocenters. The van der Waals surface area contributed by atoms with Crippen LogP contribution in [0.4, 0.5) is 4.79 Å². The van der Waals surface area contributed by atoms with Crippen LogP contribution in [0.15, 0.2) is 6.07 Å². The van der Waals surface area contributed by atoms with Crippen molar-refractivity contribution >= 4 is 12.1 Å². The van der Waals surface area contributed by atoms with E-state index in [1.807, 2.05) is 0 Å². The lowest BCUT2D eigenvalue weighted by molar-refractivity contribution is 0.0518. The molecule has 0 radical (unpaired) electrons. The molecule has 1 aromatic rings. The molecule has 0 bridgehead atoms. The third-order valence-electron chi connectivity index (χ3n) is 1.81. The summed E-state index contributed by atoms with van der Waals surface area (Å²) in [5.41, 5.74) is 0.633. The molecule has 6 nitrogen and oxygen atoms in total. The Labute approximate surface area is 93.1 Å². The summed E-state index contributed by atoms with van der Waals surface area (Å²) in [5.74, 6) is -0.548. The second-order valence-electron chi connectivity index (χ2n) is 3.00. The zero-order valence-corrected chi connectivity index (χ0v) is 9.52. The van der Waals surface area contributed by atoms with Crippen molar-refractivity contribution in [1.29, 1.82) is 0 Å². The van der Waals surface area contributed by atoms with Crippen LogP contribution in [0.2, 0.25) is 0 Å². The van der Waals surface area contributed by atoms with Crippen molar-refractivity contribution in [3.8, 4) is 0 Å². The highest BCUT2D eigenvalue weighted by atomic mass is 16.6. The third-order valence-corrected chi connectivity index (χ3v) is 1.81. The fourth-order valence-corrected chi connectivity index (χ4v) is 1.15. The largest absolute Gasteiger partial charge is 0.461 e. The van der Waals surface area contributed by atoms with E-state index >= 15 is 0 Å². The van der Waals surface area contributed by atoms with Crippen molar-refractivity contribution in [3.05, 3.63) is 17.5 Å². The maximum absolute atomic E-state index is 11.4. The van der Waals surface area contributed by atoms with Gasteiger partial charge in [0.15, 0.2) is 5.69 Å². The monoisotopic (exact) mass is 226 g/mol. The zero-order chi connectivity index (χ0) is 12.1. The van der Waals surface area contributed by atoms with Gasteiger partial charge in [-0.05, 0) is 26.8 Å². The predicted octanol–water partition coefficient (Wildman–Crippen LogP) is 1.37. The van der Waals surface area contributed by atoms with Gasteiger partial charge in [-0.2, -0.15) is 9.78 Å². The highest BCUT2D eigenvalue weighted by Gasteiger charge is 2.17. The number of carbonyl (C=O) groups excluding carboxylic acids is 2. The predicted molar refractivity (Wildman–Crippen MR) is 55.3 cm³/mol. The molecular weight excluding hydrogens is 212 g/mol. The SMILES string of the molecule is CCOC(=O)c1cc(C)n(C(=O)OCC)n1. The molecule has 0 fully saturated rings. The first-order valence-electron chi connectivity index (χ1n) is 5.01. The number of ether oxygens (including phenoxy) is 2. The van der Waals surface area contributed by atoms with E-state index in [-0.39, 0.29) is 18.9 Å². The molecule has 0 spiro atoms. The Bertz CT molecular complexity index is 398. The maximum Gasteiger partial charge on any atom is 0.434 e. The van der Waals surface area contributed by atoms with E-state index in [4.69, 9.17) is 9.47 Å². The number of carbonyl (C=O) groups is 2. The van der Waals surface area contributed by atoms with Gasteiger partial charge in [-0.1, -0.05) is 0 Å². The summed E-state index contributed by atoms with van der Waals surface area (Å²) in [7, 11) is 0. The van der Waals surface area contributed by atoms with Gasteiger partial charge >= 0.3 is 12.1 Å². The Hall–Kier alpha value is -1.85. The van der Waals surface area contributed by atoms with Crippen molar-refractivity contribution in [2.75, 3.05) is 13.2 Å². The van der Waals surface area contributed by atoms with E-state index in [0.29, 0.717) is 5.69 Å². The molecule has 1 heterocycles. The van der Waals surface area contributed by atoms with Gasteiger partial charge in [0.1, 0.15) is 0 Å². The molecule has 0 saturated heterocycles. The molecule has 6 heteroatoms. The number of rotatable bonds is 3. The minimum absolute atomic E-state index is 0.104. The number of nitrogens with zero attached hydrogens (tertiary/aromatic N) is 2. The lowest BCUT2D eigenvalue weighted by Gasteiger charge is -2.01. The fraction of sp³-hybridized carbons (Fsp3) is 0.500. The lowest BCUT2D eigenvalue weighted by atomic mass is 10.4. The minimum Gasteiger partial charge on any atom is -0.461 e. The first-order chi connectivity index (χ1) is 7.60. The molecule has 0 aliphatic rings. The number of esters is 1. The molecule has 0 aromatic carbocycles. The van der Waals surface area contributed by atoms with Crippen molar-refractivity contribution in [2.45, 2.75) is 20.8 Å². The van der Waals surface area contributed by atoms with Crippen LogP contribution in [-0.4, -0.2) is 35.1 Å². The summed E-state index contributed by atoms with van der Waals surface area (Å²) >= 11 is 0. The van der Waals surface area contributed by atoms with Gasteiger partial charge in [-0.3, -0.25) is 0 Å².